The van der Waals surface area contributed by atoms with E-state index in [0.29, 0.717) is 17.0 Å². The van der Waals surface area contributed by atoms with Crippen LogP contribution < -0.4 is 5.32 Å². The van der Waals surface area contributed by atoms with Crippen molar-refractivity contribution in [3.8, 4) is 12.3 Å². The molecule has 0 unspecified atom stereocenters. The predicted octanol–water partition coefficient (Wildman–Crippen LogP) is 2.69. The zero-order chi connectivity index (χ0) is 13.8. The molecule has 4 heteroatoms. The molecular weight excluding hydrogens is 246 g/mol. The second-order valence-corrected chi connectivity index (χ2v) is 6.79. The minimum Gasteiger partial charge on any atom is -0.368 e. The summed E-state index contributed by atoms with van der Waals surface area (Å²) in [4.78, 5) is 0.315. The molecule has 3 nitrogen and oxygen atoms in total. The number of hydrogen-bond donors (Lipinski definition) is 1. The highest BCUT2D eigenvalue weighted by molar-refractivity contribution is 7.91. The van der Waals surface area contributed by atoms with Crippen LogP contribution in [0.3, 0.4) is 0 Å². The molecule has 0 amide bonds. The van der Waals surface area contributed by atoms with E-state index >= 15 is 0 Å². The van der Waals surface area contributed by atoms with Crippen molar-refractivity contribution in [2.45, 2.75) is 37.6 Å². The molecule has 0 aliphatic heterocycles. The van der Waals surface area contributed by atoms with Crippen LogP contribution in [0.1, 0.15) is 27.2 Å². The Kier molecular flexibility index (Phi) is 4.42. The maximum absolute atomic E-state index is 12.1. The lowest BCUT2D eigenvalue weighted by molar-refractivity contribution is 0.594. The van der Waals surface area contributed by atoms with Gasteiger partial charge in [-0.1, -0.05) is 25.0 Å². The number of benzene rings is 1. The molecule has 0 radical (unpaired) electrons. The minimum absolute atomic E-state index is 0.141. The van der Waals surface area contributed by atoms with E-state index in [9.17, 15) is 8.42 Å². The largest absolute Gasteiger partial charge is 0.368 e. The molecule has 0 spiro atoms. The van der Waals surface area contributed by atoms with Gasteiger partial charge in [0.1, 0.15) is 0 Å². The van der Waals surface area contributed by atoms with E-state index in [4.69, 9.17) is 6.42 Å². The highest BCUT2D eigenvalue weighted by Crippen LogP contribution is 2.25. The number of sulfone groups is 1. The first-order chi connectivity index (χ1) is 8.32. The molecule has 0 saturated carbocycles. The molecule has 98 valence electrons. The first-order valence-electron chi connectivity index (χ1n) is 5.90. The van der Waals surface area contributed by atoms with E-state index in [-0.39, 0.29) is 5.75 Å². The van der Waals surface area contributed by atoms with Crippen molar-refractivity contribution in [2.24, 2.45) is 0 Å². The van der Waals surface area contributed by atoms with E-state index in [1.165, 1.54) is 0 Å². The average molecular weight is 265 g/mol. The van der Waals surface area contributed by atoms with Crippen LogP contribution in [0.15, 0.2) is 29.2 Å². The Morgan fingerprint density at radius 1 is 1.33 bits per heavy atom. The van der Waals surface area contributed by atoms with Gasteiger partial charge in [-0.25, -0.2) is 8.42 Å². The average Bonchev–Trinajstić information content (AvgIpc) is 2.29. The van der Waals surface area contributed by atoms with Gasteiger partial charge >= 0.3 is 0 Å². The van der Waals surface area contributed by atoms with Crippen molar-refractivity contribution in [1.29, 1.82) is 0 Å². The van der Waals surface area contributed by atoms with Gasteiger partial charge in [0.15, 0.2) is 9.84 Å². The van der Waals surface area contributed by atoms with Crippen LogP contribution in [0.2, 0.25) is 0 Å². The van der Waals surface area contributed by atoms with Crippen molar-refractivity contribution in [3.63, 3.8) is 0 Å². The van der Waals surface area contributed by atoms with Gasteiger partial charge in [-0.2, -0.15) is 0 Å². The van der Waals surface area contributed by atoms with E-state index in [0.717, 1.165) is 0 Å². The third-order valence-corrected chi connectivity index (χ3v) is 4.47. The topological polar surface area (TPSA) is 46.2 Å². The summed E-state index contributed by atoms with van der Waals surface area (Å²) in [5, 5.41) is 3.09. The fourth-order valence-corrected chi connectivity index (χ4v) is 3.09. The minimum atomic E-state index is -3.25. The summed E-state index contributed by atoms with van der Waals surface area (Å²) in [5.74, 6) is 2.74. The fourth-order valence-electron chi connectivity index (χ4n) is 1.59. The van der Waals surface area contributed by atoms with Gasteiger partial charge in [0, 0.05) is 0 Å². The molecule has 0 fully saturated rings. The summed E-state index contributed by atoms with van der Waals surface area (Å²) in [5.41, 5.74) is -0.0217. The Balaban J connectivity index is 3.21. The van der Waals surface area contributed by atoms with Gasteiger partial charge < -0.3 is 5.32 Å². The Bertz CT molecular complexity index is 553. The molecule has 0 aromatic heterocycles. The summed E-state index contributed by atoms with van der Waals surface area (Å²) in [6.45, 7) is 5.51. The summed E-state index contributed by atoms with van der Waals surface area (Å²) in [7, 11) is -3.25. The normalized spacial score (nSPS) is 11.9. The Morgan fingerprint density at radius 3 is 2.50 bits per heavy atom. The van der Waals surface area contributed by atoms with Crippen LogP contribution in [-0.2, 0) is 9.84 Å². The third-order valence-electron chi connectivity index (χ3n) is 2.50. The van der Waals surface area contributed by atoms with Crippen molar-refractivity contribution >= 4 is 15.5 Å². The monoisotopic (exact) mass is 265 g/mol. The van der Waals surface area contributed by atoms with Crippen LogP contribution in [0.25, 0.3) is 0 Å². The predicted molar refractivity (Wildman–Crippen MR) is 75.3 cm³/mol. The van der Waals surface area contributed by atoms with Gasteiger partial charge in [-0.15, -0.1) is 6.42 Å². The summed E-state index contributed by atoms with van der Waals surface area (Å²) < 4.78 is 24.3. The number of anilines is 1. The van der Waals surface area contributed by atoms with E-state index in [1.807, 2.05) is 20.8 Å². The number of para-hydroxylation sites is 1. The molecule has 0 bridgehead atoms. The van der Waals surface area contributed by atoms with Crippen LogP contribution in [0.4, 0.5) is 5.69 Å². The fraction of sp³-hybridized carbons (Fsp3) is 0.429. The lowest BCUT2D eigenvalue weighted by Gasteiger charge is -2.23. The molecule has 1 aromatic carbocycles. The smallest absolute Gasteiger partial charge is 0.180 e. The molecule has 18 heavy (non-hydrogen) atoms. The standard InChI is InChI=1S/C14H19NO2S/c1-5-11-18(16,17)13-10-8-7-9-12(13)15-14(3,4)6-2/h2,7-10,15H,5,11H2,1,3-4H3. The van der Waals surface area contributed by atoms with Crippen molar-refractivity contribution < 1.29 is 8.42 Å². The van der Waals surface area contributed by atoms with Crippen molar-refractivity contribution in [1.82, 2.24) is 0 Å². The molecular formula is C14H19NO2S. The Morgan fingerprint density at radius 2 is 1.94 bits per heavy atom. The summed E-state index contributed by atoms with van der Waals surface area (Å²) >= 11 is 0. The van der Waals surface area contributed by atoms with E-state index < -0.39 is 15.4 Å². The zero-order valence-electron chi connectivity index (χ0n) is 11.0. The Labute approximate surface area is 110 Å². The van der Waals surface area contributed by atoms with Crippen molar-refractivity contribution in [3.05, 3.63) is 24.3 Å². The molecule has 1 N–H and O–H groups in total. The lowest BCUT2D eigenvalue weighted by Crippen LogP contribution is -2.29. The molecule has 0 aliphatic carbocycles. The van der Waals surface area contributed by atoms with E-state index in [2.05, 4.69) is 11.2 Å². The molecule has 0 heterocycles. The van der Waals surface area contributed by atoms with E-state index in [1.54, 1.807) is 24.3 Å². The van der Waals surface area contributed by atoms with Crippen LogP contribution in [0, 0.1) is 12.3 Å². The zero-order valence-corrected chi connectivity index (χ0v) is 11.8. The SMILES string of the molecule is C#CC(C)(C)Nc1ccccc1S(=O)(=O)CCC. The first-order valence-corrected chi connectivity index (χ1v) is 7.55. The third kappa shape index (κ3) is 3.51. The maximum atomic E-state index is 12.1. The second-order valence-electron chi connectivity index (χ2n) is 4.71. The van der Waals surface area contributed by atoms with Gasteiger partial charge in [-0.05, 0) is 32.4 Å². The molecule has 0 atom stereocenters. The van der Waals surface area contributed by atoms with Gasteiger partial charge in [0.2, 0.25) is 0 Å². The lowest BCUT2D eigenvalue weighted by atomic mass is 10.1. The van der Waals surface area contributed by atoms with Crippen LogP contribution in [0.5, 0.6) is 0 Å². The highest BCUT2D eigenvalue weighted by atomic mass is 32.2. The summed E-state index contributed by atoms with van der Waals surface area (Å²) in [6.07, 6.45) is 6.00. The van der Waals surface area contributed by atoms with Gasteiger partial charge in [0.25, 0.3) is 0 Å². The number of hydrogen-bond acceptors (Lipinski definition) is 3. The van der Waals surface area contributed by atoms with Gasteiger partial charge in [-0.3, -0.25) is 0 Å². The Hall–Kier alpha value is -1.47. The number of rotatable bonds is 5. The van der Waals surface area contributed by atoms with Gasteiger partial charge in [0.05, 0.1) is 21.9 Å². The quantitative estimate of drug-likeness (QED) is 0.833. The van der Waals surface area contributed by atoms with Crippen LogP contribution in [-0.4, -0.2) is 19.7 Å². The first kappa shape index (κ1) is 14.6. The molecule has 1 aromatic rings. The maximum Gasteiger partial charge on any atom is 0.180 e. The number of nitrogens with one attached hydrogen (secondary N) is 1. The molecule has 0 saturated heterocycles. The van der Waals surface area contributed by atoms with Crippen LogP contribution >= 0.6 is 0 Å². The highest BCUT2D eigenvalue weighted by Gasteiger charge is 2.21. The molecule has 0 aliphatic rings. The number of terminal acetylenes is 1. The summed E-state index contributed by atoms with van der Waals surface area (Å²) in [6, 6.07) is 6.86. The molecule has 1 rings (SSSR count). The van der Waals surface area contributed by atoms with Crippen molar-refractivity contribution in [2.75, 3.05) is 11.1 Å². The second kappa shape index (κ2) is 5.45.